The molecule has 0 spiro atoms. The average molecular weight is 492 g/mol. The zero-order chi connectivity index (χ0) is 26.2. The molecule has 0 aliphatic carbocycles. The van der Waals surface area contributed by atoms with E-state index in [1.807, 2.05) is 0 Å². The Kier molecular flexibility index (Phi) is 8.18. The summed E-state index contributed by atoms with van der Waals surface area (Å²) >= 11 is 0. The molecule has 1 aromatic heterocycles. The smallest absolute Gasteiger partial charge is 0.273 e. The first kappa shape index (κ1) is 25.7. The summed E-state index contributed by atoms with van der Waals surface area (Å²) in [6, 6.07) is 10.7. The summed E-state index contributed by atoms with van der Waals surface area (Å²) in [6.45, 7) is 3.28. The molecule has 0 saturated carbocycles. The molecule has 0 radical (unpaired) electrons. The number of rotatable bonds is 8. The molecule has 2 amide bonds. The van der Waals surface area contributed by atoms with Gasteiger partial charge in [-0.05, 0) is 67.4 Å². The second kappa shape index (κ2) is 11.5. The van der Waals surface area contributed by atoms with Crippen molar-refractivity contribution < 1.29 is 29.3 Å². The summed E-state index contributed by atoms with van der Waals surface area (Å²) in [5.41, 5.74) is 6.98. The number of carbonyl (C=O) groups is 2. The van der Waals surface area contributed by atoms with E-state index in [0.29, 0.717) is 34.0 Å². The van der Waals surface area contributed by atoms with Crippen LogP contribution in [0.25, 0.3) is 0 Å². The lowest BCUT2D eigenvalue weighted by Gasteiger charge is -2.09. The van der Waals surface area contributed by atoms with E-state index in [1.165, 1.54) is 44.8 Å². The Hall–Kier alpha value is -4.93. The van der Waals surface area contributed by atoms with E-state index in [4.69, 9.17) is 9.47 Å². The number of phenols is 2. The number of hydrazone groups is 2. The molecule has 3 rings (SSSR count). The van der Waals surface area contributed by atoms with Crippen molar-refractivity contribution in [3.05, 3.63) is 76.1 Å². The highest BCUT2D eigenvalue weighted by Crippen LogP contribution is 2.26. The van der Waals surface area contributed by atoms with Crippen LogP contribution in [-0.4, -0.2) is 53.7 Å². The fourth-order valence-corrected chi connectivity index (χ4v) is 3.21. The fourth-order valence-electron chi connectivity index (χ4n) is 3.21. The Bertz CT molecular complexity index is 1250. The molecule has 0 unspecified atom stereocenters. The molecule has 186 valence electrons. The summed E-state index contributed by atoms with van der Waals surface area (Å²) in [7, 11) is 2.88. The minimum Gasteiger partial charge on any atom is -0.504 e. The SMILES string of the molecule is COc1ccc(/C=N\NC(=O)c2cc(C(=O)N/N=C\c3ccc(OC)c(O)c3)c(C)nc2C)cc1O. The van der Waals surface area contributed by atoms with Crippen LogP contribution in [0, 0.1) is 13.8 Å². The van der Waals surface area contributed by atoms with Gasteiger partial charge in [-0.3, -0.25) is 14.6 Å². The van der Waals surface area contributed by atoms with Gasteiger partial charge in [-0.15, -0.1) is 0 Å². The molecule has 0 bridgehead atoms. The molecule has 0 aliphatic rings. The lowest BCUT2D eigenvalue weighted by Crippen LogP contribution is -2.23. The van der Waals surface area contributed by atoms with Crippen molar-refractivity contribution in [3.8, 4) is 23.0 Å². The molecule has 3 aromatic rings. The summed E-state index contributed by atoms with van der Waals surface area (Å²) in [4.78, 5) is 29.6. The molecule has 0 fully saturated rings. The van der Waals surface area contributed by atoms with Crippen LogP contribution in [0.3, 0.4) is 0 Å². The highest BCUT2D eigenvalue weighted by atomic mass is 16.5. The van der Waals surface area contributed by atoms with Crippen LogP contribution in [0.5, 0.6) is 23.0 Å². The molecule has 0 saturated heterocycles. The number of aromatic nitrogens is 1. The van der Waals surface area contributed by atoms with E-state index >= 15 is 0 Å². The fraction of sp³-hybridized carbons (Fsp3) is 0.160. The molecule has 0 atom stereocenters. The maximum atomic E-state index is 12.7. The van der Waals surface area contributed by atoms with Crippen molar-refractivity contribution in [2.75, 3.05) is 14.2 Å². The Morgan fingerprint density at radius 2 is 1.19 bits per heavy atom. The highest BCUT2D eigenvalue weighted by Gasteiger charge is 2.17. The third-order valence-corrected chi connectivity index (χ3v) is 5.06. The van der Waals surface area contributed by atoms with Gasteiger partial charge in [0.2, 0.25) is 0 Å². The number of hydrogen-bond donors (Lipinski definition) is 4. The van der Waals surface area contributed by atoms with Crippen molar-refractivity contribution in [2.45, 2.75) is 13.8 Å². The lowest BCUT2D eigenvalue weighted by atomic mass is 10.1. The minimum absolute atomic E-state index is 0.0616. The molecule has 11 heteroatoms. The number of ether oxygens (including phenoxy) is 2. The second-order valence-electron chi connectivity index (χ2n) is 7.52. The van der Waals surface area contributed by atoms with Crippen molar-refractivity contribution >= 4 is 24.2 Å². The van der Waals surface area contributed by atoms with Crippen LogP contribution in [0.4, 0.5) is 0 Å². The summed E-state index contributed by atoms with van der Waals surface area (Å²) < 4.78 is 9.97. The average Bonchev–Trinajstić information content (AvgIpc) is 2.84. The van der Waals surface area contributed by atoms with Gasteiger partial charge >= 0.3 is 0 Å². The molecular weight excluding hydrogens is 466 g/mol. The van der Waals surface area contributed by atoms with Gasteiger partial charge in [0.05, 0.1) is 49.2 Å². The predicted molar refractivity (Wildman–Crippen MR) is 133 cm³/mol. The number of amides is 2. The molecule has 2 aromatic carbocycles. The normalized spacial score (nSPS) is 11.0. The molecule has 4 N–H and O–H groups in total. The number of nitrogens with zero attached hydrogens (tertiary/aromatic N) is 3. The van der Waals surface area contributed by atoms with Crippen molar-refractivity contribution in [1.29, 1.82) is 0 Å². The summed E-state index contributed by atoms with van der Waals surface area (Å²) in [5, 5.41) is 27.5. The number of methoxy groups -OCH3 is 2. The van der Waals surface area contributed by atoms with Crippen LogP contribution in [0.1, 0.15) is 43.2 Å². The largest absolute Gasteiger partial charge is 0.504 e. The summed E-state index contributed by atoms with van der Waals surface area (Å²) in [6.07, 6.45) is 2.71. The zero-order valence-electron chi connectivity index (χ0n) is 20.1. The number of aryl methyl sites for hydroxylation is 2. The molecule has 36 heavy (non-hydrogen) atoms. The Balaban J connectivity index is 1.70. The standard InChI is InChI=1S/C25H25N5O6/c1-14-18(24(33)29-26-12-16-5-7-22(35-3)20(31)9-16)11-19(15(2)28-14)25(34)30-27-13-17-6-8-23(36-4)21(32)10-17/h5-13,31-32H,1-4H3,(H,29,33)(H,30,34)/b26-12-,27-13-. The van der Waals surface area contributed by atoms with Gasteiger partial charge in [0, 0.05) is 0 Å². The van der Waals surface area contributed by atoms with Crippen LogP contribution in [0.15, 0.2) is 52.7 Å². The second-order valence-corrected chi connectivity index (χ2v) is 7.52. The highest BCUT2D eigenvalue weighted by molar-refractivity contribution is 6.01. The lowest BCUT2D eigenvalue weighted by molar-refractivity contribution is 0.0954. The molecule has 1 heterocycles. The number of benzene rings is 2. The maximum absolute atomic E-state index is 12.7. The Morgan fingerprint density at radius 3 is 1.56 bits per heavy atom. The third kappa shape index (κ3) is 6.14. The number of pyridine rings is 1. The first-order chi connectivity index (χ1) is 17.2. The first-order valence-electron chi connectivity index (χ1n) is 10.6. The van der Waals surface area contributed by atoms with Gasteiger partial charge < -0.3 is 19.7 Å². The van der Waals surface area contributed by atoms with Gasteiger partial charge in [0.1, 0.15) is 0 Å². The van der Waals surface area contributed by atoms with Crippen LogP contribution < -0.4 is 20.3 Å². The van der Waals surface area contributed by atoms with E-state index in [-0.39, 0.29) is 22.6 Å². The van der Waals surface area contributed by atoms with E-state index in [2.05, 4.69) is 26.0 Å². The van der Waals surface area contributed by atoms with E-state index < -0.39 is 11.8 Å². The van der Waals surface area contributed by atoms with E-state index in [0.717, 1.165) is 0 Å². The zero-order valence-corrected chi connectivity index (χ0v) is 20.1. The Morgan fingerprint density at radius 1 is 0.778 bits per heavy atom. The number of carbonyl (C=O) groups excluding carboxylic acids is 2. The van der Waals surface area contributed by atoms with Crippen molar-refractivity contribution in [1.82, 2.24) is 15.8 Å². The van der Waals surface area contributed by atoms with Crippen molar-refractivity contribution in [3.63, 3.8) is 0 Å². The van der Waals surface area contributed by atoms with Crippen LogP contribution in [-0.2, 0) is 0 Å². The quantitative estimate of drug-likeness (QED) is 0.279. The molecular formula is C25H25N5O6. The van der Waals surface area contributed by atoms with Gasteiger partial charge in [-0.2, -0.15) is 10.2 Å². The molecule has 11 nitrogen and oxygen atoms in total. The third-order valence-electron chi connectivity index (χ3n) is 5.06. The van der Waals surface area contributed by atoms with Crippen LogP contribution in [0.2, 0.25) is 0 Å². The minimum atomic E-state index is -0.569. The van der Waals surface area contributed by atoms with Gasteiger partial charge in [0.25, 0.3) is 11.8 Å². The van der Waals surface area contributed by atoms with Crippen molar-refractivity contribution in [2.24, 2.45) is 10.2 Å². The molecule has 0 aliphatic heterocycles. The van der Waals surface area contributed by atoms with Gasteiger partial charge in [-0.1, -0.05) is 0 Å². The monoisotopic (exact) mass is 491 g/mol. The topological polar surface area (TPSA) is 155 Å². The van der Waals surface area contributed by atoms with E-state index in [1.54, 1.807) is 38.1 Å². The van der Waals surface area contributed by atoms with Gasteiger partial charge in [0.15, 0.2) is 23.0 Å². The van der Waals surface area contributed by atoms with Gasteiger partial charge in [-0.25, -0.2) is 10.9 Å². The summed E-state index contributed by atoms with van der Waals surface area (Å²) in [5.74, 6) is -0.632. The maximum Gasteiger partial charge on any atom is 0.273 e. The number of nitrogens with one attached hydrogen (secondary N) is 2. The number of hydrogen-bond acceptors (Lipinski definition) is 9. The number of aromatic hydroxyl groups is 2. The Labute approximate surface area is 207 Å². The van der Waals surface area contributed by atoms with E-state index in [9.17, 15) is 19.8 Å². The number of phenolic OH excluding ortho intramolecular Hbond substituents is 2. The first-order valence-corrected chi connectivity index (χ1v) is 10.6. The predicted octanol–water partition coefficient (Wildman–Crippen LogP) is 2.65. The van der Waals surface area contributed by atoms with Crippen LogP contribution >= 0.6 is 0 Å².